The Morgan fingerprint density at radius 1 is 1.14 bits per heavy atom. The molecular formula is C26H21F2N5O2S. The highest BCUT2D eigenvalue weighted by atomic mass is 32.1. The topological polar surface area (TPSA) is 77.0 Å². The maximum atomic E-state index is 14.1. The number of aryl methyl sites for hydroxylation is 2. The number of benzene rings is 2. The van der Waals surface area contributed by atoms with Gasteiger partial charge in [0.05, 0.1) is 40.5 Å². The number of anilines is 1. The fourth-order valence-corrected chi connectivity index (χ4v) is 5.53. The normalized spacial score (nSPS) is 15.9. The van der Waals surface area contributed by atoms with Crippen molar-refractivity contribution in [1.82, 2.24) is 19.7 Å². The van der Waals surface area contributed by atoms with Crippen LogP contribution in [0.15, 0.2) is 51.8 Å². The van der Waals surface area contributed by atoms with Gasteiger partial charge in [-0.2, -0.15) is 0 Å². The van der Waals surface area contributed by atoms with Crippen LogP contribution in [0.3, 0.4) is 0 Å². The lowest BCUT2D eigenvalue weighted by Gasteiger charge is -2.25. The van der Waals surface area contributed by atoms with E-state index in [1.54, 1.807) is 5.51 Å². The summed E-state index contributed by atoms with van der Waals surface area (Å²) in [6.45, 7) is 4.23. The summed E-state index contributed by atoms with van der Waals surface area (Å²) >= 11 is 1.51. The van der Waals surface area contributed by atoms with Crippen LogP contribution in [0.1, 0.15) is 41.9 Å². The maximum absolute atomic E-state index is 14.1. The largest absolute Gasteiger partial charge is 0.361 e. The van der Waals surface area contributed by atoms with Gasteiger partial charge >= 0.3 is 0 Å². The minimum absolute atomic E-state index is 0.158. The maximum Gasteiger partial charge on any atom is 0.227 e. The molecule has 0 saturated carbocycles. The molecule has 10 heteroatoms. The first kappa shape index (κ1) is 22.5. The van der Waals surface area contributed by atoms with Crippen LogP contribution in [0.25, 0.3) is 22.2 Å². The summed E-state index contributed by atoms with van der Waals surface area (Å²) in [5, 5.41) is 6.04. The van der Waals surface area contributed by atoms with E-state index < -0.39 is 17.7 Å². The summed E-state index contributed by atoms with van der Waals surface area (Å²) < 4.78 is 35.1. The van der Waals surface area contributed by atoms with Crippen molar-refractivity contribution in [2.24, 2.45) is 0 Å². The Morgan fingerprint density at radius 3 is 2.72 bits per heavy atom. The van der Waals surface area contributed by atoms with Gasteiger partial charge in [0.15, 0.2) is 11.6 Å². The molecule has 6 rings (SSSR count). The number of halogens is 2. The quantitative estimate of drug-likeness (QED) is 0.295. The summed E-state index contributed by atoms with van der Waals surface area (Å²) in [5.74, 6) is -0.713. The highest BCUT2D eigenvalue weighted by molar-refractivity contribution is 7.07. The average Bonchev–Trinajstić information content (AvgIpc) is 3.64. The molecule has 1 unspecified atom stereocenters. The monoisotopic (exact) mass is 505 g/mol. The molecule has 5 aromatic rings. The lowest BCUT2D eigenvalue weighted by molar-refractivity contribution is -0.117. The van der Waals surface area contributed by atoms with Crippen LogP contribution in [-0.4, -0.2) is 25.6 Å². The number of thiazole rings is 1. The number of aromatic nitrogens is 4. The molecule has 182 valence electrons. The van der Waals surface area contributed by atoms with Crippen molar-refractivity contribution in [2.75, 3.05) is 4.90 Å². The molecule has 3 aromatic heterocycles. The van der Waals surface area contributed by atoms with Crippen molar-refractivity contribution in [3.8, 4) is 11.1 Å². The summed E-state index contributed by atoms with van der Waals surface area (Å²) in [6.07, 6.45) is 0.794. The molecule has 0 aliphatic carbocycles. The molecule has 1 fully saturated rings. The Balaban J connectivity index is 1.51. The van der Waals surface area contributed by atoms with Crippen LogP contribution in [-0.2, 0) is 11.3 Å². The second-order valence-corrected chi connectivity index (χ2v) is 9.57. The minimum atomic E-state index is -0.994. The highest BCUT2D eigenvalue weighted by Gasteiger charge is 2.37. The Labute approximate surface area is 209 Å². The van der Waals surface area contributed by atoms with Crippen molar-refractivity contribution in [2.45, 2.75) is 39.3 Å². The van der Waals surface area contributed by atoms with Crippen LogP contribution < -0.4 is 4.90 Å². The molecule has 7 nitrogen and oxygen atoms in total. The van der Waals surface area contributed by atoms with Gasteiger partial charge in [0.2, 0.25) is 5.91 Å². The standard InChI is InChI=1S/C26H21F2N5O2S/c1-14-25(15(2)35-31-14)16-3-6-22-21(9-16)30-26(32(22)11-17-12-36-13-29-17)23-7-8-24(34)33(23)18-4-5-19(27)20(28)10-18/h3-6,9-10,12-13,23H,7-8,11H2,1-2H3. The fourth-order valence-electron chi connectivity index (χ4n) is 4.98. The van der Waals surface area contributed by atoms with Gasteiger partial charge in [0, 0.05) is 29.1 Å². The van der Waals surface area contributed by atoms with E-state index in [0.29, 0.717) is 24.5 Å². The van der Waals surface area contributed by atoms with Crippen molar-refractivity contribution >= 4 is 34.0 Å². The smallest absolute Gasteiger partial charge is 0.227 e. The molecule has 0 N–H and O–H groups in total. The minimum Gasteiger partial charge on any atom is -0.361 e. The van der Waals surface area contributed by atoms with Gasteiger partial charge < -0.3 is 14.0 Å². The number of hydrogen-bond donors (Lipinski definition) is 0. The van der Waals surface area contributed by atoms with E-state index in [4.69, 9.17) is 9.51 Å². The molecule has 36 heavy (non-hydrogen) atoms. The van der Waals surface area contributed by atoms with Gasteiger partial charge in [-0.3, -0.25) is 4.79 Å². The third kappa shape index (κ3) is 3.69. The van der Waals surface area contributed by atoms with Crippen molar-refractivity contribution in [3.05, 3.63) is 81.9 Å². The molecule has 2 aromatic carbocycles. The van der Waals surface area contributed by atoms with Crippen molar-refractivity contribution < 1.29 is 18.1 Å². The molecule has 1 atom stereocenters. The summed E-state index contributed by atoms with van der Waals surface area (Å²) in [7, 11) is 0. The molecule has 1 aliphatic rings. The summed E-state index contributed by atoms with van der Waals surface area (Å²) in [4.78, 5) is 23.9. The van der Waals surface area contributed by atoms with E-state index in [0.717, 1.165) is 51.4 Å². The van der Waals surface area contributed by atoms with Crippen molar-refractivity contribution in [1.29, 1.82) is 0 Å². The van der Waals surface area contributed by atoms with E-state index in [1.807, 2.05) is 37.4 Å². The SMILES string of the molecule is Cc1noc(C)c1-c1ccc2c(c1)nc(C1CCC(=O)N1c1ccc(F)c(F)c1)n2Cc1cscn1. The Kier molecular flexibility index (Phi) is 5.40. The van der Waals surface area contributed by atoms with Crippen LogP contribution in [0.4, 0.5) is 14.5 Å². The zero-order chi connectivity index (χ0) is 25.0. The van der Waals surface area contributed by atoms with E-state index in [9.17, 15) is 13.6 Å². The summed E-state index contributed by atoms with van der Waals surface area (Å²) in [5.41, 5.74) is 7.25. The molecule has 1 amide bonds. The van der Waals surface area contributed by atoms with Gasteiger partial charge in [0.1, 0.15) is 11.6 Å². The number of carbonyl (C=O) groups is 1. The second kappa shape index (κ2) is 8.63. The van der Waals surface area contributed by atoms with E-state index in [2.05, 4.69) is 14.7 Å². The predicted molar refractivity (Wildman–Crippen MR) is 132 cm³/mol. The molecular weight excluding hydrogens is 484 g/mol. The number of hydrogen-bond acceptors (Lipinski definition) is 6. The van der Waals surface area contributed by atoms with Crippen LogP contribution >= 0.6 is 11.3 Å². The number of imidazole rings is 1. The fraction of sp³-hybridized carbons (Fsp3) is 0.231. The Hall–Kier alpha value is -3.92. The first-order valence-corrected chi connectivity index (χ1v) is 12.4. The first-order valence-electron chi connectivity index (χ1n) is 11.5. The van der Waals surface area contributed by atoms with E-state index in [1.165, 1.54) is 22.3 Å². The third-order valence-corrected chi connectivity index (χ3v) is 7.23. The lowest BCUT2D eigenvalue weighted by Crippen LogP contribution is -2.29. The highest BCUT2D eigenvalue weighted by Crippen LogP contribution is 2.39. The summed E-state index contributed by atoms with van der Waals surface area (Å²) in [6, 6.07) is 9.09. The molecule has 1 aliphatic heterocycles. The van der Waals surface area contributed by atoms with Gasteiger partial charge in [-0.05, 0) is 50.1 Å². The molecule has 0 spiro atoms. The molecule has 0 bridgehead atoms. The van der Waals surface area contributed by atoms with Crippen molar-refractivity contribution in [3.63, 3.8) is 0 Å². The molecule has 4 heterocycles. The van der Waals surface area contributed by atoms with E-state index in [-0.39, 0.29) is 12.3 Å². The number of rotatable bonds is 5. The molecule has 0 radical (unpaired) electrons. The lowest BCUT2D eigenvalue weighted by atomic mass is 10.0. The number of carbonyl (C=O) groups excluding carboxylic acids is 1. The average molecular weight is 506 g/mol. The van der Waals surface area contributed by atoms with Gasteiger partial charge in [-0.15, -0.1) is 11.3 Å². The zero-order valence-electron chi connectivity index (χ0n) is 19.5. The molecule has 1 saturated heterocycles. The zero-order valence-corrected chi connectivity index (χ0v) is 20.4. The number of fused-ring (bicyclic) bond motifs is 1. The number of amides is 1. The van der Waals surface area contributed by atoms with E-state index >= 15 is 0 Å². The number of nitrogens with zero attached hydrogens (tertiary/aromatic N) is 5. The van der Waals surface area contributed by atoms with Crippen LogP contribution in [0, 0.1) is 25.5 Å². The first-order chi connectivity index (χ1) is 17.4. The van der Waals surface area contributed by atoms with Crippen LogP contribution in [0.5, 0.6) is 0 Å². The third-order valence-electron chi connectivity index (χ3n) is 6.59. The van der Waals surface area contributed by atoms with Gasteiger partial charge in [-0.25, -0.2) is 18.7 Å². The Bertz CT molecular complexity index is 1590. The van der Waals surface area contributed by atoms with Gasteiger partial charge in [0.25, 0.3) is 0 Å². The Morgan fingerprint density at radius 2 is 2.00 bits per heavy atom. The second-order valence-electron chi connectivity index (χ2n) is 8.86. The predicted octanol–water partition coefficient (Wildman–Crippen LogP) is 5.96. The van der Waals surface area contributed by atoms with Gasteiger partial charge in [-0.1, -0.05) is 11.2 Å². The van der Waals surface area contributed by atoms with Crippen LogP contribution in [0.2, 0.25) is 0 Å².